The third kappa shape index (κ3) is 7.13. The van der Waals surface area contributed by atoms with E-state index in [-0.39, 0.29) is 12.1 Å². The minimum atomic E-state index is -1.08. The average molecular weight is 577 g/mol. The predicted molar refractivity (Wildman–Crippen MR) is 161 cm³/mol. The number of fused-ring (bicyclic) bond motifs is 1. The van der Waals surface area contributed by atoms with Crippen LogP contribution in [0.15, 0.2) is 54.1 Å². The van der Waals surface area contributed by atoms with Crippen LogP contribution in [0.1, 0.15) is 18.2 Å². The molecule has 2 fully saturated rings. The van der Waals surface area contributed by atoms with Gasteiger partial charge in [0, 0.05) is 54.8 Å². The molecule has 3 heterocycles. The summed E-state index contributed by atoms with van der Waals surface area (Å²) in [6, 6.07) is 18.7. The van der Waals surface area contributed by atoms with E-state index in [1.165, 1.54) is 11.3 Å². The molecule has 3 aromatic rings. The number of carbonyl (C=O) groups is 1. The first kappa shape index (κ1) is 29.2. The fourth-order valence-corrected chi connectivity index (χ4v) is 6.14. The summed E-state index contributed by atoms with van der Waals surface area (Å²) in [6.45, 7) is 7.54. The standard InChI is InChI=1S/C31H36N4O5S/c1-20(25(18-32)31(38)34-19-27-30(37)26(36)8-13-40-27)28-6-7-29(41-28)23-3-2-22-17-24(5-4-21(22)16-23)33-9-10-35-11-14-39-15-12-35/h2-7,16-17,26-27,30,33,36-37H,8-15,19H2,1H3,(H,34,38)/b25-20+/t26-,27-,30+/m1/s1. The van der Waals surface area contributed by atoms with Crippen LogP contribution in [0.4, 0.5) is 5.69 Å². The Kier molecular flexibility index (Phi) is 9.67. The van der Waals surface area contributed by atoms with E-state index >= 15 is 0 Å². The van der Waals surface area contributed by atoms with E-state index in [0.717, 1.165) is 71.2 Å². The number of hydrogen-bond donors (Lipinski definition) is 4. The molecule has 5 rings (SSSR count). The van der Waals surface area contributed by atoms with E-state index in [4.69, 9.17) is 9.47 Å². The van der Waals surface area contributed by atoms with Crippen molar-refractivity contribution in [2.24, 2.45) is 0 Å². The maximum absolute atomic E-state index is 12.8. The molecule has 4 N–H and O–H groups in total. The Bertz CT molecular complexity index is 1440. The Balaban J connectivity index is 1.23. The van der Waals surface area contributed by atoms with Crippen LogP contribution >= 0.6 is 11.3 Å². The molecule has 0 aliphatic carbocycles. The number of thiophene rings is 1. The Morgan fingerprint density at radius 2 is 1.88 bits per heavy atom. The van der Waals surface area contributed by atoms with Gasteiger partial charge in [0.2, 0.25) is 0 Å². The van der Waals surface area contributed by atoms with Gasteiger partial charge in [-0.05, 0) is 65.6 Å². The molecule has 2 aliphatic heterocycles. The molecule has 0 bridgehead atoms. The SMILES string of the molecule is C/C(=C(/C#N)C(=O)NC[C@H]1OCC[C@@H](O)[C@@H]1O)c1ccc(-c2ccc3cc(NCCN4CCOCC4)ccc3c2)s1. The number of hydrogen-bond acceptors (Lipinski definition) is 9. The Morgan fingerprint density at radius 1 is 1.10 bits per heavy atom. The zero-order valence-corrected chi connectivity index (χ0v) is 24.0. The van der Waals surface area contributed by atoms with E-state index < -0.39 is 24.2 Å². The molecule has 9 nitrogen and oxygen atoms in total. The van der Waals surface area contributed by atoms with Gasteiger partial charge in [0.15, 0.2) is 0 Å². The normalized spacial score (nSPS) is 22.1. The molecule has 1 amide bonds. The van der Waals surface area contributed by atoms with E-state index in [2.05, 4.69) is 51.9 Å². The number of nitrogens with one attached hydrogen (secondary N) is 2. The van der Waals surface area contributed by atoms with Gasteiger partial charge in [0.1, 0.15) is 23.9 Å². The number of anilines is 1. The molecule has 2 saturated heterocycles. The van der Waals surface area contributed by atoms with Gasteiger partial charge >= 0.3 is 0 Å². The van der Waals surface area contributed by atoms with Gasteiger partial charge in [-0.1, -0.05) is 18.2 Å². The number of aliphatic hydroxyl groups is 2. The van der Waals surface area contributed by atoms with Crippen molar-refractivity contribution in [1.29, 1.82) is 5.26 Å². The molecule has 0 saturated carbocycles. The minimum Gasteiger partial charge on any atom is -0.390 e. The van der Waals surface area contributed by atoms with E-state index in [0.29, 0.717) is 18.6 Å². The molecule has 0 radical (unpaired) electrons. The number of nitriles is 1. The summed E-state index contributed by atoms with van der Waals surface area (Å²) in [7, 11) is 0. The molecule has 0 spiro atoms. The third-order valence-corrected chi connectivity index (χ3v) is 8.91. The van der Waals surface area contributed by atoms with Crippen molar-refractivity contribution >= 4 is 39.3 Å². The topological polar surface area (TPSA) is 127 Å². The highest BCUT2D eigenvalue weighted by molar-refractivity contribution is 7.16. The van der Waals surface area contributed by atoms with Gasteiger partial charge in [-0.25, -0.2) is 0 Å². The van der Waals surface area contributed by atoms with Crippen LogP contribution in [0, 0.1) is 11.3 Å². The lowest BCUT2D eigenvalue weighted by atomic mass is 10.0. The molecule has 0 unspecified atom stereocenters. The first-order valence-electron chi connectivity index (χ1n) is 14.0. The van der Waals surface area contributed by atoms with Crippen molar-refractivity contribution in [3.8, 4) is 16.5 Å². The highest BCUT2D eigenvalue weighted by Crippen LogP contribution is 2.35. The highest BCUT2D eigenvalue weighted by Gasteiger charge is 2.32. The summed E-state index contributed by atoms with van der Waals surface area (Å²) >= 11 is 1.53. The first-order valence-corrected chi connectivity index (χ1v) is 14.8. The van der Waals surface area contributed by atoms with Crippen LogP contribution in [0.25, 0.3) is 26.8 Å². The average Bonchev–Trinajstić information content (AvgIpc) is 3.49. The van der Waals surface area contributed by atoms with Gasteiger partial charge < -0.3 is 30.3 Å². The van der Waals surface area contributed by atoms with Crippen LogP contribution in [-0.4, -0.2) is 91.9 Å². The van der Waals surface area contributed by atoms with Gasteiger partial charge in [0.25, 0.3) is 5.91 Å². The summed E-state index contributed by atoms with van der Waals surface area (Å²) in [5.74, 6) is -0.532. The van der Waals surface area contributed by atoms with Crippen LogP contribution in [0.2, 0.25) is 0 Å². The maximum atomic E-state index is 12.8. The summed E-state index contributed by atoms with van der Waals surface area (Å²) in [6.07, 6.45) is -2.34. The minimum absolute atomic E-state index is 0.00735. The van der Waals surface area contributed by atoms with E-state index in [1.807, 2.05) is 18.2 Å². The number of ether oxygens (including phenoxy) is 2. The maximum Gasteiger partial charge on any atom is 0.262 e. The third-order valence-electron chi connectivity index (χ3n) is 7.66. The van der Waals surface area contributed by atoms with Gasteiger partial charge in [-0.2, -0.15) is 5.26 Å². The lowest BCUT2D eigenvalue weighted by Crippen LogP contribution is -2.50. The monoisotopic (exact) mass is 576 g/mol. The zero-order valence-electron chi connectivity index (χ0n) is 23.1. The Hall–Kier alpha value is -3.30. The number of carbonyl (C=O) groups excluding carboxylic acids is 1. The van der Waals surface area contributed by atoms with Crippen LogP contribution in [-0.2, 0) is 14.3 Å². The van der Waals surface area contributed by atoms with Crippen molar-refractivity contribution in [3.63, 3.8) is 0 Å². The van der Waals surface area contributed by atoms with Crippen LogP contribution < -0.4 is 10.6 Å². The number of nitrogens with zero attached hydrogens (tertiary/aromatic N) is 2. The summed E-state index contributed by atoms with van der Waals surface area (Å²) in [4.78, 5) is 17.1. The van der Waals surface area contributed by atoms with Crippen molar-refractivity contribution in [2.45, 2.75) is 31.7 Å². The second-order valence-corrected chi connectivity index (χ2v) is 11.5. The number of allylic oxidation sites excluding steroid dienone is 1. The Labute approximate surface area is 244 Å². The van der Waals surface area contributed by atoms with Crippen molar-refractivity contribution in [3.05, 3.63) is 59.0 Å². The van der Waals surface area contributed by atoms with E-state index in [9.17, 15) is 20.3 Å². The molecule has 3 atom stereocenters. The van der Waals surface area contributed by atoms with Gasteiger partial charge in [-0.15, -0.1) is 11.3 Å². The van der Waals surface area contributed by atoms with Crippen LogP contribution in [0.3, 0.4) is 0 Å². The quantitative estimate of drug-likeness (QED) is 0.226. The second-order valence-electron chi connectivity index (χ2n) is 10.4. The predicted octanol–water partition coefficient (Wildman–Crippen LogP) is 3.24. The Morgan fingerprint density at radius 3 is 2.68 bits per heavy atom. The van der Waals surface area contributed by atoms with Crippen LogP contribution in [0.5, 0.6) is 0 Å². The number of aliphatic hydroxyl groups excluding tert-OH is 2. The zero-order chi connectivity index (χ0) is 28.8. The lowest BCUT2D eigenvalue weighted by molar-refractivity contribution is -0.136. The molecule has 2 aliphatic rings. The molecule has 1 aromatic heterocycles. The molecular formula is C31H36N4O5S. The fraction of sp³-hybridized carbons (Fsp3) is 0.419. The first-order chi connectivity index (χ1) is 19.9. The van der Waals surface area contributed by atoms with Crippen molar-refractivity contribution in [1.82, 2.24) is 10.2 Å². The summed E-state index contributed by atoms with van der Waals surface area (Å²) in [5.41, 5.74) is 2.76. The number of rotatable bonds is 9. The number of morpholine rings is 1. The number of benzene rings is 2. The van der Waals surface area contributed by atoms with Gasteiger partial charge in [0.05, 0.1) is 19.3 Å². The summed E-state index contributed by atoms with van der Waals surface area (Å²) in [5, 5.41) is 38.2. The number of amides is 1. The fourth-order valence-electron chi connectivity index (χ4n) is 5.13. The highest BCUT2D eigenvalue weighted by atomic mass is 32.1. The lowest BCUT2D eigenvalue weighted by Gasteiger charge is -2.32. The van der Waals surface area contributed by atoms with Gasteiger partial charge in [-0.3, -0.25) is 9.69 Å². The van der Waals surface area contributed by atoms with Crippen molar-refractivity contribution in [2.75, 3.05) is 57.9 Å². The molecule has 2 aromatic carbocycles. The molecule has 216 valence electrons. The molecular weight excluding hydrogens is 540 g/mol. The largest absolute Gasteiger partial charge is 0.390 e. The van der Waals surface area contributed by atoms with Crippen molar-refractivity contribution < 1.29 is 24.5 Å². The smallest absolute Gasteiger partial charge is 0.262 e. The second kappa shape index (κ2) is 13.6. The van der Waals surface area contributed by atoms with E-state index in [1.54, 1.807) is 6.92 Å². The summed E-state index contributed by atoms with van der Waals surface area (Å²) < 4.78 is 10.9. The molecule has 10 heteroatoms. The molecule has 41 heavy (non-hydrogen) atoms.